The lowest BCUT2D eigenvalue weighted by molar-refractivity contribution is -0.113. The monoisotopic (exact) mass is 303 g/mol. The van der Waals surface area contributed by atoms with Crippen molar-refractivity contribution in [1.29, 1.82) is 0 Å². The maximum absolute atomic E-state index is 12.0. The first kappa shape index (κ1) is 17.6. The van der Waals surface area contributed by atoms with Gasteiger partial charge in [0.05, 0.1) is 23.4 Å². The second-order valence-electron chi connectivity index (χ2n) is 4.82. The lowest BCUT2D eigenvalue weighted by atomic mass is 10.1. The van der Waals surface area contributed by atoms with E-state index >= 15 is 0 Å². The zero-order chi connectivity index (χ0) is 16.5. The molecular formula is C17H21NO4. The van der Waals surface area contributed by atoms with Gasteiger partial charge in [-0.15, -0.1) is 0 Å². The van der Waals surface area contributed by atoms with Gasteiger partial charge in [0, 0.05) is 6.21 Å². The second-order valence-corrected chi connectivity index (χ2v) is 4.82. The Morgan fingerprint density at radius 2 is 1.95 bits per heavy atom. The number of Topliss-reactive ketones (excluding diaryl/α,β-unsaturated/α-hetero) is 1. The molecule has 118 valence electrons. The molecule has 0 aromatic heterocycles. The molecule has 0 aliphatic heterocycles. The number of para-hydroxylation sites is 1. The van der Waals surface area contributed by atoms with Gasteiger partial charge in [0.15, 0.2) is 5.78 Å². The van der Waals surface area contributed by atoms with Gasteiger partial charge in [-0.25, -0.2) is 4.79 Å². The van der Waals surface area contributed by atoms with Crippen LogP contribution in [0, 0.1) is 0 Å². The molecule has 22 heavy (non-hydrogen) atoms. The van der Waals surface area contributed by atoms with Crippen molar-refractivity contribution in [2.75, 3.05) is 6.61 Å². The van der Waals surface area contributed by atoms with E-state index in [1.165, 1.54) is 20.1 Å². The molecule has 0 saturated heterocycles. The van der Waals surface area contributed by atoms with Crippen molar-refractivity contribution >= 4 is 23.7 Å². The largest absolute Gasteiger partial charge is 0.512 e. The zero-order valence-corrected chi connectivity index (χ0v) is 13.1. The van der Waals surface area contributed by atoms with Gasteiger partial charge in [-0.1, -0.05) is 25.5 Å². The van der Waals surface area contributed by atoms with E-state index in [2.05, 4.69) is 4.99 Å². The van der Waals surface area contributed by atoms with Crippen molar-refractivity contribution in [2.24, 2.45) is 4.99 Å². The second kappa shape index (κ2) is 8.77. The topological polar surface area (TPSA) is 76.0 Å². The molecule has 1 aromatic carbocycles. The molecular weight excluding hydrogens is 282 g/mol. The quantitative estimate of drug-likeness (QED) is 0.273. The predicted molar refractivity (Wildman–Crippen MR) is 85.8 cm³/mol. The third-order valence-electron chi connectivity index (χ3n) is 2.96. The van der Waals surface area contributed by atoms with Gasteiger partial charge in [0.1, 0.15) is 5.76 Å². The number of aliphatic imine (C=N–C) groups is 1. The van der Waals surface area contributed by atoms with E-state index in [1.54, 1.807) is 24.3 Å². The van der Waals surface area contributed by atoms with Crippen molar-refractivity contribution in [3.63, 3.8) is 0 Å². The third-order valence-corrected chi connectivity index (χ3v) is 2.96. The fourth-order valence-electron chi connectivity index (χ4n) is 1.72. The van der Waals surface area contributed by atoms with Crippen LogP contribution < -0.4 is 0 Å². The van der Waals surface area contributed by atoms with Crippen molar-refractivity contribution in [3.8, 4) is 0 Å². The molecule has 1 aromatic rings. The Bertz CT molecular complexity index is 598. The van der Waals surface area contributed by atoms with E-state index in [9.17, 15) is 14.7 Å². The first-order valence-corrected chi connectivity index (χ1v) is 7.18. The molecule has 0 fully saturated rings. The van der Waals surface area contributed by atoms with Crippen LogP contribution in [0.5, 0.6) is 0 Å². The number of carbonyl (C=O) groups is 2. The summed E-state index contributed by atoms with van der Waals surface area (Å²) in [5.41, 5.74) is 0.825. The van der Waals surface area contributed by atoms with E-state index in [0.29, 0.717) is 17.9 Å². The molecule has 5 nitrogen and oxygen atoms in total. The van der Waals surface area contributed by atoms with Gasteiger partial charge in [0.25, 0.3) is 0 Å². The molecule has 0 heterocycles. The van der Waals surface area contributed by atoms with Crippen LogP contribution in [0.4, 0.5) is 5.69 Å². The minimum absolute atomic E-state index is 0.106. The highest BCUT2D eigenvalue weighted by Crippen LogP contribution is 2.20. The fourth-order valence-corrected chi connectivity index (χ4v) is 1.72. The van der Waals surface area contributed by atoms with Gasteiger partial charge in [-0.3, -0.25) is 9.79 Å². The first-order chi connectivity index (χ1) is 10.5. The Labute approximate surface area is 130 Å². The molecule has 0 amide bonds. The van der Waals surface area contributed by atoms with E-state index in [0.717, 1.165) is 12.8 Å². The maximum Gasteiger partial charge on any atom is 0.340 e. The average Bonchev–Trinajstić information content (AvgIpc) is 2.47. The van der Waals surface area contributed by atoms with Crippen LogP contribution in [0.2, 0.25) is 0 Å². The van der Waals surface area contributed by atoms with Crippen LogP contribution in [0.25, 0.3) is 0 Å². The van der Waals surface area contributed by atoms with E-state index < -0.39 is 5.97 Å². The molecule has 1 rings (SSSR count). The summed E-state index contributed by atoms with van der Waals surface area (Å²) in [4.78, 5) is 27.6. The van der Waals surface area contributed by atoms with Crippen LogP contribution >= 0.6 is 0 Å². The Morgan fingerprint density at radius 3 is 2.55 bits per heavy atom. The normalized spacial score (nSPS) is 12.1. The number of rotatable bonds is 7. The first-order valence-electron chi connectivity index (χ1n) is 7.18. The highest BCUT2D eigenvalue weighted by Gasteiger charge is 2.12. The van der Waals surface area contributed by atoms with Gasteiger partial charge >= 0.3 is 5.97 Å². The molecule has 0 unspecified atom stereocenters. The van der Waals surface area contributed by atoms with E-state index in [-0.39, 0.29) is 17.1 Å². The number of ether oxygens (including phenoxy) is 1. The average molecular weight is 303 g/mol. The van der Waals surface area contributed by atoms with Crippen molar-refractivity contribution in [3.05, 3.63) is 41.2 Å². The molecule has 0 aliphatic rings. The highest BCUT2D eigenvalue weighted by atomic mass is 16.5. The molecule has 0 radical (unpaired) electrons. The number of carbonyl (C=O) groups excluding carboxylic acids is 2. The summed E-state index contributed by atoms with van der Waals surface area (Å²) in [5, 5.41) is 9.46. The number of aliphatic hydroxyl groups excluding tert-OH is 1. The van der Waals surface area contributed by atoms with Gasteiger partial charge in [-0.2, -0.15) is 0 Å². The number of hydrogen-bond donors (Lipinski definition) is 1. The zero-order valence-electron chi connectivity index (χ0n) is 13.1. The summed E-state index contributed by atoms with van der Waals surface area (Å²) in [5.74, 6) is -0.860. The van der Waals surface area contributed by atoms with Crippen LogP contribution in [0.1, 0.15) is 44.0 Å². The Balaban J connectivity index is 2.99. The molecule has 0 atom stereocenters. The molecule has 5 heteroatoms. The molecule has 0 saturated carbocycles. The number of unbranched alkanes of at least 4 members (excludes halogenated alkanes) is 1. The SMILES string of the molecule is CCCCOC(=O)c1ccccc1N=CC(C(C)=O)=C(C)O. The molecule has 0 aliphatic carbocycles. The van der Waals surface area contributed by atoms with Crippen molar-refractivity contribution < 1.29 is 19.4 Å². The fraction of sp³-hybridized carbons (Fsp3) is 0.353. The summed E-state index contributed by atoms with van der Waals surface area (Å²) in [6, 6.07) is 6.72. The lowest BCUT2D eigenvalue weighted by Gasteiger charge is -2.06. The number of ketones is 1. The Morgan fingerprint density at radius 1 is 1.27 bits per heavy atom. The number of benzene rings is 1. The Hall–Kier alpha value is -2.43. The van der Waals surface area contributed by atoms with Crippen LogP contribution in [-0.4, -0.2) is 29.7 Å². The lowest BCUT2D eigenvalue weighted by Crippen LogP contribution is -2.07. The standard InChI is InChI=1S/C17H21NO4/c1-4-5-10-22-17(21)14-8-6-7-9-16(14)18-11-15(12(2)19)13(3)20/h6-9,11,19H,4-5,10H2,1-3H3. The van der Waals surface area contributed by atoms with Gasteiger partial charge < -0.3 is 9.84 Å². The van der Waals surface area contributed by atoms with Crippen molar-refractivity contribution in [2.45, 2.75) is 33.6 Å². The summed E-state index contributed by atoms with van der Waals surface area (Å²) in [6.07, 6.45) is 3.00. The highest BCUT2D eigenvalue weighted by molar-refractivity contribution is 6.13. The van der Waals surface area contributed by atoms with Crippen LogP contribution in [0.15, 0.2) is 40.6 Å². The number of allylic oxidation sites excluding steroid dienone is 2. The predicted octanol–water partition coefficient (Wildman–Crippen LogP) is 3.77. The third kappa shape index (κ3) is 5.16. The summed E-state index contributed by atoms with van der Waals surface area (Å²) >= 11 is 0. The number of nitrogens with zero attached hydrogens (tertiary/aromatic N) is 1. The minimum Gasteiger partial charge on any atom is -0.512 e. The van der Waals surface area contributed by atoms with E-state index in [4.69, 9.17) is 4.74 Å². The van der Waals surface area contributed by atoms with Gasteiger partial charge in [-0.05, 0) is 32.4 Å². The molecule has 0 bridgehead atoms. The summed E-state index contributed by atoms with van der Waals surface area (Å²) in [6.45, 7) is 5.13. The Kier molecular flexibility index (Phi) is 7.02. The maximum atomic E-state index is 12.0. The number of hydrogen-bond acceptors (Lipinski definition) is 5. The van der Waals surface area contributed by atoms with Crippen molar-refractivity contribution in [1.82, 2.24) is 0 Å². The molecule has 1 N–H and O–H groups in total. The van der Waals surface area contributed by atoms with Crippen LogP contribution in [-0.2, 0) is 9.53 Å². The summed E-state index contributed by atoms with van der Waals surface area (Å²) < 4.78 is 5.17. The van der Waals surface area contributed by atoms with E-state index in [1.807, 2.05) is 6.92 Å². The van der Waals surface area contributed by atoms with Gasteiger partial charge in [0.2, 0.25) is 0 Å². The minimum atomic E-state index is -0.449. The smallest absolute Gasteiger partial charge is 0.340 e. The number of aliphatic hydroxyl groups is 1. The number of esters is 1. The van der Waals surface area contributed by atoms with Crippen LogP contribution in [0.3, 0.4) is 0 Å². The molecule has 0 spiro atoms. The summed E-state index contributed by atoms with van der Waals surface area (Å²) in [7, 11) is 0.